The second-order valence-electron chi connectivity index (χ2n) is 4.83. The van der Waals surface area contributed by atoms with Gasteiger partial charge in [-0.1, -0.05) is 0 Å². The van der Waals surface area contributed by atoms with Crippen molar-refractivity contribution in [2.24, 2.45) is 5.10 Å². The Bertz CT molecular complexity index is 813. The summed E-state index contributed by atoms with van der Waals surface area (Å²) in [4.78, 5) is 12.6. The number of nitrogens with zero attached hydrogens (tertiary/aromatic N) is 4. The number of hydrogen-bond donors (Lipinski definition) is 1. The Labute approximate surface area is 137 Å². The number of nitrogens with one attached hydrogen (secondary N) is 1. The maximum atomic E-state index is 5.65. The number of aryl methyl sites for hydroxylation is 2. The van der Waals surface area contributed by atoms with Gasteiger partial charge >= 0.3 is 0 Å². The molecule has 7 heteroatoms. The molecule has 0 saturated heterocycles. The van der Waals surface area contributed by atoms with Gasteiger partial charge in [-0.25, -0.2) is 9.97 Å². The number of ether oxygens (including phenoxy) is 1. The standard InChI is InChI=1S/C16H15N5OS/c1-11-7-17-9-15(19-11)22-14-5-3-13(4-6-14)8-18-21-16-20-12(2)10-23-16/h3-10H,1-2H3,(H,20,21). The number of benzene rings is 1. The quantitative estimate of drug-likeness (QED) is 0.571. The third-order valence-electron chi connectivity index (χ3n) is 2.83. The van der Waals surface area contributed by atoms with E-state index in [0.29, 0.717) is 11.6 Å². The summed E-state index contributed by atoms with van der Waals surface area (Å²) in [5.41, 5.74) is 5.65. The molecule has 1 aromatic carbocycles. The molecule has 0 radical (unpaired) electrons. The van der Waals surface area contributed by atoms with Gasteiger partial charge in [0.15, 0.2) is 0 Å². The maximum absolute atomic E-state index is 5.65. The summed E-state index contributed by atoms with van der Waals surface area (Å²) in [5.74, 6) is 1.18. The van der Waals surface area contributed by atoms with Gasteiger partial charge < -0.3 is 4.74 Å². The zero-order valence-electron chi connectivity index (χ0n) is 12.7. The molecule has 3 aromatic rings. The van der Waals surface area contributed by atoms with Gasteiger partial charge in [0.25, 0.3) is 0 Å². The highest BCUT2D eigenvalue weighted by Gasteiger charge is 2.00. The molecule has 0 amide bonds. The van der Waals surface area contributed by atoms with Crippen LogP contribution in [0, 0.1) is 13.8 Å². The molecule has 2 heterocycles. The van der Waals surface area contributed by atoms with Crippen molar-refractivity contribution in [1.29, 1.82) is 0 Å². The van der Waals surface area contributed by atoms with Gasteiger partial charge in [-0.3, -0.25) is 10.4 Å². The van der Waals surface area contributed by atoms with Gasteiger partial charge in [-0.05, 0) is 43.7 Å². The van der Waals surface area contributed by atoms with Crippen molar-refractivity contribution in [3.05, 3.63) is 59.0 Å². The van der Waals surface area contributed by atoms with E-state index in [1.165, 1.54) is 11.3 Å². The van der Waals surface area contributed by atoms with Crippen molar-refractivity contribution in [3.63, 3.8) is 0 Å². The van der Waals surface area contributed by atoms with E-state index in [4.69, 9.17) is 4.74 Å². The Kier molecular flexibility index (Phi) is 4.58. The first-order chi connectivity index (χ1) is 11.2. The molecule has 0 spiro atoms. The minimum atomic E-state index is 0.479. The van der Waals surface area contributed by atoms with Crippen LogP contribution in [-0.2, 0) is 0 Å². The molecular weight excluding hydrogens is 310 g/mol. The predicted octanol–water partition coefficient (Wildman–Crippen LogP) is 3.79. The second-order valence-corrected chi connectivity index (χ2v) is 5.69. The number of thiazole rings is 1. The summed E-state index contributed by atoms with van der Waals surface area (Å²) in [7, 11) is 0. The van der Waals surface area contributed by atoms with E-state index < -0.39 is 0 Å². The lowest BCUT2D eigenvalue weighted by molar-refractivity contribution is 0.458. The van der Waals surface area contributed by atoms with Crippen LogP contribution in [0.1, 0.15) is 17.0 Å². The van der Waals surface area contributed by atoms with E-state index in [9.17, 15) is 0 Å². The van der Waals surface area contributed by atoms with Gasteiger partial charge in [0.1, 0.15) is 5.75 Å². The Morgan fingerprint density at radius 1 is 1.09 bits per heavy atom. The maximum Gasteiger partial charge on any atom is 0.238 e. The van der Waals surface area contributed by atoms with Crippen LogP contribution in [0.3, 0.4) is 0 Å². The Hall–Kier alpha value is -2.80. The summed E-state index contributed by atoms with van der Waals surface area (Å²) in [5, 5.41) is 6.91. The third kappa shape index (κ3) is 4.33. The Morgan fingerprint density at radius 3 is 2.61 bits per heavy atom. The van der Waals surface area contributed by atoms with Crippen molar-refractivity contribution in [2.45, 2.75) is 13.8 Å². The molecule has 116 valence electrons. The Morgan fingerprint density at radius 2 is 1.91 bits per heavy atom. The van der Waals surface area contributed by atoms with Crippen molar-refractivity contribution in [2.75, 3.05) is 5.43 Å². The average molecular weight is 325 g/mol. The summed E-state index contributed by atoms with van der Waals surface area (Å²) in [6, 6.07) is 7.55. The first-order valence-corrected chi connectivity index (χ1v) is 7.85. The lowest BCUT2D eigenvalue weighted by Crippen LogP contribution is -1.92. The van der Waals surface area contributed by atoms with Crippen LogP contribution >= 0.6 is 11.3 Å². The van der Waals surface area contributed by atoms with Crippen LogP contribution in [0.4, 0.5) is 5.13 Å². The van der Waals surface area contributed by atoms with E-state index in [1.807, 2.05) is 43.5 Å². The predicted molar refractivity (Wildman–Crippen MR) is 91.4 cm³/mol. The van der Waals surface area contributed by atoms with E-state index in [1.54, 1.807) is 18.6 Å². The molecule has 0 saturated carbocycles. The monoisotopic (exact) mass is 325 g/mol. The van der Waals surface area contributed by atoms with Crippen molar-refractivity contribution in [3.8, 4) is 11.6 Å². The average Bonchev–Trinajstić information content (AvgIpc) is 2.95. The number of rotatable bonds is 5. The van der Waals surface area contributed by atoms with Crippen LogP contribution in [0.5, 0.6) is 11.6 Å². The second kappa shape index (κ2) is 6.97. The van der Waals surface area contributed by atoms with Gasteiger partial charge in [0, 0.05) is 11.6 Å². The van der Waals surface area contributed by atoms with E-state index >= 15 is 0 Å². The van der Waals surface area contributed by atoms with Crippen LogP contribution in [0.15, 0.2) is 47.1 Å². The topological polar surface area (TPSA) is 72.3 Å². The molecule has 2 aromatic heterocycles. The summed E-state index contributed by atoms with van der Waals surface area (Å²) < 4.78 is 5.65. The highest BCUT2D eigenvalue weighted by molar-refractivity contribution is 7.13. The molecule has 0 fully saturated rings. The summed E-state index contributed by atoms with van der Waals surface area (Å²) >= 11 is 1.52. The van der Waals surface area contributed by atoms with Gasteiger partial charge in [-0.2, -0.15) is 5.10 Å². The molecule has 3 rings (SSSR count). The molecule has 23 heavy (non-hydrogen) atoms. The van der Waals surface area contributed by atoms with Crippen LogP contribution in [-0.4, -0.2) is 21.2 Å². The normalized spacial score (nSPS) is 10.9. The number of aromatic nitrogens is 3. The van der Waals surface area contributed by atoms with Crippen molar-refractivity contribution in [1.82, 2.24) is 15.0 Å². The fraction of sp³-hybridized carbons (Fsp3) is 0.125. The smallest absolute Gasteiger partial charge is 0.238 e. The van der Waals surface area contributed by atoms with Crippen molar-refractivity contribution < 1.29 is 4.74 Å². The fourth-order valence-electron chi connectivity index (χ4n) is 1.80. The number of anilines is 1. The highest BCUT2D eigenvalue weighted by Crippen LogP contribution is 2.19. The van der Waals surface area contributed by atoms with Gasteiger partial charge in [0.05, 0.1) is 23.8 Å². The molecule has 0 aliphatic carbocycles. The van der Waals surface area contributed by atoms with Crippen LogP contribution in [0.2, 0.25) is 0 Å². The van der Waals surface area contributed by atoms with Crippen LogP contribution in [0.25, 0.3) is 0 Å². The lowest BCUT2D eigenvalue weighted by atomic mass is 10.2. The molecule has 0 aliphatic heterocycles. The third-order valence-corrected chi connectivity index (χ3v) is 3.69. The van der Waals surface area contributed by atoms with Gasteiger partial charge in [-0.15, -0.1) is 11.3 Å². The first kappa shape index (κ1) is 15.1. The van der Waals surface area contributed by atoms with E-state index in [2.05, 4.69) is 25.5 Å². The molecule has 1 N–H and O–H groups in total. The largest absolute Gasteiger partial charge is 0.437 e. The lowest BCUT2D eigenvalue weighted by Gasteiger charge is -2.04. The van der Waals surface area contributed by atoms with E-state index in [0.717, 1.165) is 22.1 Å². The first-order valence-electron chi connectivity index (χ1n) is 6.97. The van der Waals surface area contributed by atoms with Gasteiger partial charge in [0.2, 0.25) is 11.0 Å². The molecule has 0 bridgehead atoms. The molecule has 6 nitrogen and oxygen atoms in total. The van der Waals surface area contributed by atoms with Crippen molar-refractivity contribution >= 4 is 22.7 Å². The zero-order valence-corrected chi connectivity index (χ0v) is 13.5. The highest BCUT2D eigenvalue weighted by atomic mass is 32.1. The summed E-state index contributed by atoms with van der Waals surface area (Å²) in [6.07, 6.45) is 5.00. The Balaban J connectivity index is 1.60. The van der Waals surface area contributed by atoms with E-state index in [-0.39, 0.29) is 0 Å². The molecular formula is C16H15N5OS. The SMILES string of the molecule is Cc1cncc(Oc2ccc(C=NNc3nc(C)cs3)cc2)n1. The molecule has 0 unspecified atom stereocenters. The summed E-state index contributed by atoms with van der Waals surface area (Å²) in [6.45, 7) is 3.82. The number of hydrogen-bond acceptors (Lipinski definition) is 7. The van der Waals surface area contributed by atoms with Crippen LogP contribution < -0.4 is 10.2 Å². The zero-order chi connectivity index (χ0) is 16.1. The number of hydrazone groups is 1. The molecule has 0 atom stereocenters. The minimum Gasteiger partial charge on any atom is -0.437 e. The fourth-order valence-corrected chi connectivity index (χ4v) is 2.44. The minimum absolute atomic E-state index is 0.479. The molecule has 0 aliphatic rings.